The molecule has 0 heterocycles. The van der Waals surface area contributed by atoms with Gasteiger partial charge in [0, 0.05) is 12.0 Å². The van der Waals surface area contributed by atoms with Crippen LogP contribution in [0.5, 0.6) is 0 Å². The molecule has 146 valence electrons. The van der Waals surface area contributed by atoms with Gasteiger partial charge in [0.15, 0.2) is 0 Å². The van der Waals surface area contributed by atoms with E-state index in [2.05, 4.69) is 20.4 Å². The zero-order valence-corrected chi connectivity index (χ0v) is 16.0. The number of hydrogen-bond acceptors (Lipinski definition) is 6. The van der Waals surface area contributed by atoms with Gasteiger partial charge in [0.25, 0.3) is 0 Å². The molecule has 6 nitrogen and oxygen atoms in total. The topological polar surface area (TPSA) is 93.1 Å². The summed E-state index contributed by atoms with van der Waals surface area (Å²) in [5, 5.41) is 20.7. The summed E-state index contributed by atoms with van der Waals surface area (Å²) in [5.41, 5.74) is -1.30. The van der Waals surface area contributed by atoms with Crippen molar-refractivity contribution in [3.05, 3.63) is 12.2 Å². The van der Waals surface area contributed by atoms with Crippen LogP contribution in [0.25, 0.3) is 0 Å². The lowest BCUT2D eigenvalue weighted by Crippen LogP contribution is -2.64. The second-order valence-electron chi connectivity index (χ2n) is 9.75. The molecule has 26 heavy (non-hydrogen) atoms. The molecule has 0 amide bonds. The number of esters is 2. The van der Waals surface area contributed by atoms with E-state index in [1.54, 1.807) is 0 Å². The SMILES string of the molecule is C=C(C)C(=O)OC(O)CCOC(=O)C12CC3(C)CC(C)(CC(O)(C3)C1)C2. The highest BCUT2D eigenvalue weighted by Crippen LogP contribution is 2.70. The summed E-state index contributed by atoms with van der Waals surface area (Å²) in [6.07, 6.45) is 3.15. The molecule has 4 saturated carbocycles. The van der Waals surface area contributed by atoms with E-state index in [1.165, 1.54) is 6.92 Å². The maximum Gasteiger partial charge on any atom is 0.335 e. The molecule has 3 atom stereocenters. The van der Waals surface area contributed by atoms with Gasteiger partial charge in [0.05, 0.1) is 17.6 Å². The quantitative estimate of drug-likeness (QED) is 0.426. The van der Waals surface area contributed by atoms with Crippen molar-refractivity contribution in [2.45, 2.75) is 77.6 Å². The molecule has 0 spiro atoms. The van der Waals surface area contributed by atoms with E-state index in [-0.39, 0.29) is 35.4 Å². The Morgan fingerprint density at radius 3 is 2.15 bits per heavy atom. The van der Waals surface area contributed by atoms with Gasteiger partial charge in [0.1, 0.15) is 0 Å². The lowest BCUT2D eigenvalue weighted by atomic mass is 9.39. The van der Waals surface area contributed by atoms with Crippen molar-refractivity contribution >= 4 is 11.9 Å². The summed E-state index contributed by atoms with van der Waals surface area (Å²) in [4.78, 5) is 24.3. The molecule has 0 saturated heterocycles. The highest BCUT2D eigenvalue weighted by atomic mass is 16.6. The van der Waals surface area contributed by atoms with Gasteiger partial charge < -0.3 is 19.7 Å². The lowest BCUT2D eigenvalue weighted by molar-refractivity contribution is -0.234. The van der Waals surface area contributed by atoms with E-state index >= 15 is 0 Å². The van der Waals surface area contributed by atoms with Crippen molar-refractivity contribution < 1.29 is 29.3 Å². The number of hydrogen-bond donors (Lipinski definition) is 2. The predicted octanol–water partition coefficient (Wildman–Crippen LogP) is 2.47. The summed E-state index contributed by atoms with van der Waals surface area (Å²) < 4.78 is 10.2. The van der Waals surface area contributed by atoms with Crippen LogP contribution in [0.4, 0.5) is 0 Å². The van der Waals surface area contributed by atoms with Crippen molar-refractivity contribution in [1.82, 2.24) is 0 Å². The third-order valence-electron chi connectivity index (χ3n) is 6.19. The maximum atomic E-state index is 12.9. The van der Waals surface area contributed by atoms with Crippen molar-refractivity contribution in [3.63, 3.8) is 0 Å². The fraction of sp³-hybridized carbons (Fsp3) is 0.800. The fourth-order valence-corrected chi connectivity index (χ4v) is 6.54. The Kier molecular flexibility index (Phi) is 4.51. The molecule has 2 N–H and O–H groups in total. The minimum atomic E-state index is -1.33. The van der Waals surface area contributed by atoms with E-state index in [0.29, 0.717) is 6.42 Å². The van der Waals surface area contributed by atoms with Crippen LogP contribution in [-0.2, 0) is 19.1 Å². The predicted molar refractivity (Wildman–Crippen MR) is 93.8 cm³/mol. The number of aliphatic hydroxyl groups excluding tert-OH is 1. The lowest BCUT2D eigenvalue weighted by Gasteiger charge is -2.66. The first-order chi connectivity index (χ1) is 11.9. The first-order valence-electron chi connectivity index (χ1n) is 9.33. The zero-order chi connectivity index (χ0) is 19.4. The van der Waals surface area contributed by atoms with Crippen LogP contribution in [0.3, 0.4) is 0 Å². The van der Waals surface area contributed by atoms with E-state index in [9.17, 15) is 19.8 Å². The van der Waals surface area contributed by atoms with Gasteiger partial charge in [-0.05, 0) is 56.3 Å². The third-order valence-corrected chi connectivity index (χ3v) is 6.19. The Morgan fingerprint density at radius 1 is 1.08 bits per heavy atom. The van der Waals surface area contributed by atoms with Crippen molar-refractivity contribution in [2.75, 3.05) is 6.61 Å². The molecule has 4 aliphatic carbocycles. The summed E-state index contributed by atoms with van der Waals surface area (Å²) in [5.74, 6) is -0.973. The van der Waals surface area contributed by atoms with Gasteiger partial charge in [-0.1, -0.05) is 20.4 Å². The number of carbonyl (C=O) groups excluding carboxylic acids is 2. The molecule has 4 bridgehead atoms. The van der Waals surface area contributed by atoms with Crippen LogP contribution in [0.1, 0.15) is 65.7 Å². The monoisotopic (exact) mass is 366 g/mol. The molecule has 6 heteroatoms. The van der Waals surface area contributed by atoms with Crippen molar-refractivity contribution in [1.29, 1.82) is 0 Å². The van der Waals surface area contributed by atoms with E-state index in [4.69, 9.17) is 9.47 Å². The van der Waals surface area contributed by atoms with Crippen molar-refractivity contribution in [2.24, 2.45) is 16.2 Å². The summed E-state index contributed by atoms with van der Waals surface area (Å²) in [6.45, 7) is 9.24. The molecule has 0 aromatic heterocycles. The van der Waals surface area contributed by atoms with Crippen LogP contribution in [0.2, 0.25) is 0 Å². The Bertz CT molecular complexity index is 585. The third kappa shape index (κ3) is 3.54. The minimum absolute atomic E-state index is 0.0135. The minimum Gasteiger partial charge on any atom is -0.465 e. The maximum absolute atomic E-state index is 12.9. The molecule has 4 aliphatic rings. The molecule has 0 aromatic carbocycles. The summed E-state index contributed by atoms with van der Waals surface area (Å²) >= 11 is 0. The highest BCUT2D eigenvalue weighted by Gasteiger charge is 2.68. The fourth-order valence-electron chi connectivity index (χ4n) is 6.54. The normalized spacial score (nSPS) is 41.6. The van der Waals surface area contributed by atoms with Gasteiger partial charge in [-0.25, -0.2) is 4.79 Å². The van der Waals surface area contributed by atoms with Crippen LogP contribution < -0.4 is 0 Å². The first-order valence-corrected chi connectivity index (χ1v) is 9.33. The number of rotatable bonds is 6. The number of carbonyl (C=O) groups is 2. The van der Waals surface area contributed by atoms with Crippen LogP contribution in [0.15, 0.2) is 12.2 Å². The standard InChI is InChI=1S/C20H30O6/c1-13(2)15(22)26-14(21)5-6-25-16(23)19-8-17(3)7-18(4,9-19)11-20(24,10-17)12-19/h14,21,24H,1,5-12H2,2-4H3. The van der Waals surface area contributed by atoms with E-state index in [1.807, 2.05) is 0 Å². The Balaban J connectivity index is 1.60. The van der Waals surface area contributed by atoms with Crippen molar-refractivity contribution in [3.8, 4) is 0 Å². The average Bonchev–Trinajstić information content (AvgIpc) is 2.41. The second kappa shape index (κ2) is 6.06. The molecular formula is C20H30O6. The van der Waals surface area contributed by atoms with Crippen LogP contribution in [-0.4, -0.2) is 40.6 Å². The molecule has 0 aromatic rings. The van der Waals surface area contributed by atoms with E-state index < -0.39 is 23.3 Å². The summed E-state index contributed by atoms with van der Waals surface area (Å²) in [7, 11) is 0. The molecule has 3 unspecified atom stereocenters. The van der Waals surface area contributed by atoms with Gasteiger partial charge >= 0.3 is 11.9 Å². The second-order valence-corrected chi connectivity index (χ2v) is 9.75. The Labute approximate surface area is 154 Å². The molecule has 0 aliphatic heterocycles. The number of ether oxygens (including phenoxy) is 2. The molecule has 4 fully saturated rings. The molecule has 0 radical (unpaired) electrons. The van der Waals surface area contributed by atoms with Gasteiger partial charge in [-0.2, -0.15) is 0 Å². The average molecular weight is 366 g/mol. The Morgan fingerprint density at radius 2 is 1.65 bits per heavy atom. The van der Waals surface area contributed by atoms with Crippen LogP contribution in [0, 0.1) is 16.2 Å². The smallest absolute Gasteiger partial charge is 0.335 e. The van der Waals surface area contributed by atoms with Gasteiger partial charge in [-0.3, -0.25) is 4.79 Å². The summed E-state index contributed by atoms with van der Waals surface area (Å²) in [6, 6.07) is 0. The Hall–Kier alpha value is -1.40. The highest BCUT2D eigenvalue weighted by molar-refractivity contribution is 5.87. The van der Waals surface area contributed by atoms with Gasteiger partial charge in [0.2, 0.25) is 6.29 Å². The largest absolute Gasteiger partial charge is 0.465 e. The van der Waals surface area contributed by atoms with E-state index in [0.717, 1.165) is 32.1 Å². The zero-order valence-electron chi connectivity index (χ0n) is 16.0. The van der Waals surface area contributed by atoms with Crippen LogP contribution >= 0.6 is 0 Å². The number of aliphatic hydroxyl groups is 2. The molecule has 4 rings (SSSR count). The molecular weight excluding hydrogens is 336 g/mol. The first kappa shape index (κ1) is 19.4. The van der Waals surface area contributed by atoms with Gasteiger partial charge in [-0.15, -0.1) is 0 Å².